The fourth-order valence-corrected chi connectivity index (χ4v) is 20.2. The molecule has 6 saturated heterocycles. The summed E-state index contributed by atoms with van der Waals surface area (Å²) in [5, 5.41) is 43.9. The van der Waals surface area contributed by atoms with Crippen LogP contribution in [-0.2, 0) is 124 Å². The van der Waals surface area contributed by atoms with Crippen LogP contribution in [-0.4, -0.2) is 297 Å². The number of benzene rings is 3. The number of halogens is 3. The van der Waals surface area contributed by atoms with E-state index in [0.29, 0.717) is 51.4 Å². The minimum atomic E-state index is -1.62. The number of likely N-dealkylation sites (N-methyl/N-ethyl adjacent to an activating group) is 3. The molecule has 6 N–H and O–H groups in total. The number of hydrogen-bond acceptors (Lipinski definition) is 28. The highest BCUT2D eigenvalue weighted by atomic mass is 35.5. The molecule has 0 aliphatic carbocycles. The number of Topliss-reactive ketones (excluding diaryl/α,β-unsaturated/α-hetero) is 1. The molecule has 9 aliphatic heterocycles. The van der Waals surface area contributed by atoms with E-state index in [1.54, 1.807) is 62.7 Å². The van der Waals surface area contributed by atoms with Gasteiger partial charge in [-0.2, -0.15) is 0 Å². The molecule has 9 aliphatic rings. The minimum absolute atomic E-state index is 0.0512. The molecule has 0 radical (unpaired) electrons. The van der Waals surface area contributed by atoms with Crippen LogP contribution < -0.4 is 30.7 Å². The van der Waals surface area contributed by atoms with Gasteiger partial charge >= 0.3 is 36.2 Å². The molecule has 6 fully saturated rings. The number of alkyl carbamates (subject to hydrolysis) is 3. The van der Waals surface area contributed by atoms with Crippen molar-refractivity contribution in [1.82, 2.24) is 30.7 Å². The number of fused-ring (bicyclic) bond motifs is 15. The van der Waals surface area contributed by atoms with Gasteiger partial charge < -0.3 is 102 Å². The summed E-state index contributed by atoms with van der Waals surface area (Å²) in [7, 11) is 12.1. The molecule has 40 heteroatoms. The van der Waals surface area contributed by atoms with Crippen molar-refractivity contribution in [2.75, 3.05) is 97.6 Å². The van der Waals surface area contributed by atoms with E-state index in [1.165, 1.54) is 73.7 Å². The van der Waals surface area contributed by atoms with Crippen molar-refractivity contribution in [2.24, 2.45) is 35.5 Å². The third-order valence-corrected chi connectivity index (χ3v) is 32.1. The maximum absolute atomic E-state index is 14.1. The number of nitrogens with zero attached hydrogens (tertiary/aromatic N) is 6. The molecule has 3 aromatic rings. The van der Waals surface area contributed by atoms with Crippen LogP contribution in [0.1, 0.15) is 196 Å². The maximum atomic E-state index is 14.1. The molecule has 37 nitrogen and oxygen atoms in total. The van der Waals surface area contributed by atoms with E-state index in [0.717, 1.165) is 55.0 Å². The number of epoxide rings is 3. The van der Waals surface area contributed by atoms with Gasteiger partial charge in [-0.1, -0.05) is 173 Å². The van der Waals surface area contributed by atoms with Crippen molar-refractivity contribution in [3.63, 3.8) is 0 Å². The first-order chi connectivity index (χ1) is 69.6. The molecule has 0 spiro atoms. The number of allylic oxidation sites excluding steroid dienone is 9. The monoisotopic (exact) mass is 2140 g/mol. The number of ether oxygens (including phenoxy) is 12. The van der Waals surface area contributed by atoms with Crippen LogP contribution in [0.25, 0.3) is 0 Å². The standard InChI is InChI=1S/C38H52ClN3O10.C36H50ClN3O9.C35H48ClN3O9/c1-10-27(43)19-49-20-32(45)41(8)25(6)35(46)51-30-17-31(44)42(9)28-16-26(15-22(3)33(28)39)14-21(2)12-11-13-23(4)38(48)18-29(50-36(47)40-38)24(5)34-37(30,7)52-34;1-20-11-10-12-22(3)36(45)19-27(47-34(44)38-36)23(4)32-35(6,49-32)28(48-33(43)24(5)39(7)29(41)13-14-46-9)18-30(42)40(8)26-17-25(15-20)16-21(2)31(26)37;1-19-11-10-12-21(3)35(44)17-26(46-33(43)37-35)22(4)31-34(6,48-31)27(47-32(42)23(5)38(7)29(41)18-45-9)16-28(40)39(8)25-15-24(13-19)14-20(2)30(25)36/h11-13,15-16,23-25,29-30,34,48H,10,14,17-20H2,1-9H3,(H,40,47);10-12,16-17,22-24,27-28,32,45H,13-15,18-19H2,1-9H3,(H,38,44);10-12,14-15,21-23,26-27,31,44H,13,16-18H2,1-9H3,(H,37,43)/b13-11+,21-12+;12-10+,20-11+;12-10+,19-11+/t23-,24-,25?,29+,30+,34+,37+,38+;22-,23-,24?,27+,28+,32+,35+,36+;21-,22-,23?,26+,27+,31+,34+,35+/m111/s1. The molecular weight excluding hydrogens is 1990 g/mol. The number of esters is 3. The lowest BCUT2D eigenvalue weighted by atomic mass is 9.82. The number of nitrogens with one attached hydrogen (secondary N) is 3. The first-order valence-electron chi connectivity index (χ1n) is 50.4. The second-order valence-corrected chi connectivity index (χ2v) is 43.1. The summed E-state index contributed by atoms with van der Waals surface area (Å²) in [4.78, 5) is 178. The quantitative estimate of drug-likeness (QED) is 0.0369. The molecule has 0 aromatic heterocycles. The zero-order valence-electron chi connectivity index (χ0n) is 90.5. The van der Waals surface area contributed by atoms with Gasteiger partial charge in [-0.05, 0) is 154 Å². The van der Waals surface area contributed by atoms with Crippen LogP contribution in [0.5, 0.6) is 0 Å². The van der Waals surface area contributed by atoms with Gasteiger partial charge in [0.1, 0.15) is 109 Å². The fraction of sp³-hybridized carbons (Fsp3) is 0.606. The number of anilines is 3. The first-order valence-corrected chi connectivity index (χ1v) is 51.6. The molecule has 12 bridgehead atoms. The Balaban J connectivity index is 0.000000229. The third-order valence-electron chi connectivity index (χ3n) is 30.7. The Morgan fingerprint density at radius 2 is 0.725 bits per heavy atom. The van der Waals surface area contributed by atoms with Gasteiger partial charge in [0, 0.05) is 118 Å². The van der Waals surface area contributed by atoms with E-state index < -0.39 is 203 Å². The number of aliphatic hydroxyl groups is 3. The first kappa shape index (κ1) is 120. The highest BCUT2D eigenvalue weighted by Crippen LogP contribution is 2.54. The molecule has 9 amide bonds. The summed E-state index contributed by atoms with van der Waals surface area (Å²) >= 11 is 20.2. The van der Waals surface area contributed by atoms with E-state index >= 15 is 0 Å². The Bertz CT molecular complexity index is 5710. The highest BCUT2D eigenvalue weighted by Gasteiger charge is 2.68. The van der Waals surface area contributed by atoms with Gasteiger partial charge in [-0.25, -0.2) is 28.8 Å². The lowest BCUT2D eigenvalue weighted by molar-refractivity contribution is -0.163. The van der Waals surface area contributed by atoms with Gasteiger partial charge in [-0.15, -0.1) is 0 Å². The Hall–Kier alpha value is -10.7. The molecule has 820 valence electrons. The van der Waals surface area contributed by atoms with E-state index in [9.17, 15) is 77.6 Å². The van der Waals surface area contributed by atoms with Crippen molar-refractivity contribution < 1.29 is 134 Å². The van der Waals surface area contributed by atoms with Gasteiger partial charge in [0.2, 0.25) is 35.4 Å². The highest BCUT2D eigenvalue weighted by molar-refractivity contribution is 6.35. The summed E-state index contributed by atoms with van der Waals surface area (Å²) in [6.45, 7) is 33.3. The average Bonchev–Trinajstić information content (AvgIpc) is 1.58. The normalized spacial score (nSPS) is 32.5. The number of carbonyl (C=O) groups excluding carboxylic acids is 13. The van der Waals surface area contributed by atoms with Gasteiger partial charge in [0.25, 0.3) is 0 Å². The maximum Gasteiger partial charge on any atom is 0.409 e. The molecule has 24 atom stereocenters. The lowest BCUT2D eigenvalue weighted by Gasteiger charge is -2.41. The molecule has 3 unspecified atom stereocenters. The van der Waals surface area contributed by atoms with Crippen LogP contribution in [0, 0.1) is 56.3 Å². The number of carbonyl (C=O) groups is 13. The van der Waals surface area contributed by atoms with Gasteiger partial charge in [0.05, 0.1) is 82.7 Å². The van der Waals surface area contributed by atoms with Gasteiger partial charge in [-0.3, -0.25) is 49.5 Å². The van der Waals surface area contributed by atoms with Crippen molar-refractivity contribution in [3.05, 3.63) is 156 Å². The topological polar surface area (TPSA) is 459 Å². The summed E-state index contributed by atoms with van der Waals surface area (Å²) in [6.07, 6.45) is 8.56. The molecule has 3 aromatic carbocycles. The van der Waals surface area contributed by atoms with Crippen molar-refractivity contribution >= 4 is 129 Å². The number of amides is 9. The van der Waals surface area contributed by atoms with Crippen molar-refractivity contribution in [2.45, 2.75) is 309 Å². The zero-order valence-corrected chi connectivity index (χ0v) is 92.8. The molecule has 12 rings (SSSR count). The smallest absolute Gasteiger partial charge is 0.409 e. The Labute approximate surface area is 888 Å². The molecule has 9 heterocycles. The van der Waals surface area contributed by atoms with E-state index in [-0.39, 0.29) is 94.7 Å². The Morgan fingerprint density at radius 3 is 1.00 bits per heavy atom. The number of ketones is 1. The lowest BCUT2D eigenvalue weighted by Crippen LogP contribution is -2.60. The third kappa shape index (κ3) is 28.8. The number of aryl methyl sites for hydroxylation is 3. The second kappa shape index (κ2) is 49.8. The number of hydrogen-bond donors (Lipinski definition) is 6. The largest absolute Gasteiger partial charge is 0.457 e. The zero-order chi connectivity index (χ0) is 111. The summed E-state index contributed by atoms with van der Waals surface area (Å²) < 4.78 is 68.9. The second-order valence-electron chi connectivity index (χ2n) is 42.0. The fourth-order valence-electron chi connectivity index (χ4n) is 19.5. The number of rotatable bonds is 19. The van der Waals surface area contributed by atoms with Crippen molar-refractivity contribution in [3.8, 4) is 0 Å². The summed E-state index contributed by atoms with van der Waals surface area (Å²) in [6, 6.07) is 8.44. The van der Waals surface area contributed by atoms with E-state index in [1.807, 2.05) is 167 Å². The van der Waals surface area contributed by atoms with E-state index in [2.05, 4.69) is 16.0 Å². The number of methoxy groups -OCH3 is 2. The van der Waals surface area contributed by atoms with Crippen LogP contribution in [0.4, 0.5) is 31.4 Å². The Kier molecular flexibility index (Phi) is 40.2. The van der Waals surface area contributed by atoms with Crippen LogP contribution >= 0.6 is 34.8 Å². The minimum Gasteiger partial charge on any atom is -0.457 e. The Morgan fingerprint density at radius 1 is 0.443 bits per heavy atom. The predicted molar refractivity (Wildman–Crippen MR) is 557 cm³/mol. The predicted octanol–water partition coefficient (Wildman–Crippen LogP) is 13.0. The molecule has 149 heavy (non-hydrogen) atoms. The van der Waals surface area contributed by atoms with Crippen LogP contribution in [0.15, 0.2) is 108 Å². The van der Waals surface area contributed by atoms with Crippen LogP contribution in [0.3, 0.4) is 0 Å². The van der Waals surface area contributed by atoms with Gasteiger partial charge in [0.15, 0.2) is 5.78 Å². The summed E-state index contributed by atoms with van der Waals surface area (Å²) in [5.74, 6) is -7.65. The average molecular weight is 2140 g/mol. The SMILES string of the molecule is CCC(=O)COCC(=O)N(C)C(C)C(=O)O[C@H]1CC(=O)N(C)c2cc(cc(C)c2Cl)C/C(C)=C/C=C/[C@@H](C)[C@@]2(O)C[C@H](OC(=O)N2)[C@@H](C)[C@@H]2O[C@@]12C.COCC(=O)N(C)C(C)C(=O)O[C@H]1CC(=O)N(C)c2cc(cc(C)c2Cl)C/C(C)=C/C=C/[C@@H](C)[C@@]2(O)C[C@H](OC(=O)N2)[C@@H](C)[C@@H]2O[C@@]12C.COCCC(=O)N(C)C(C)C(=O)O[C@H]1CC(=O)N(C)c2cc(cc(C)c2Cl)C/C(C)=C/C=C/[C@@H](C)[C@@]2(O)C[C@H](OC(=O)N2)[C@@H](C)[C@@H]2O[C@@]12C. The van der Waals surface area contributed by atoms with Crippen molar-refractivity contribution in [1.29, 1.82) is 0 Å². The van der Waals surface area contributed by atoms with Crippen LogP contribution in [0.2, 0.25) is 15.1 Å². The molecular formula is C109H150Cl3N9O28. The molecule has 0 saturated carbocycles. The summed E-state index contributed by atoms with van der Waals surface area (Å²) in [5.41, 5.74) is 1.40. The van der Waals surface area contributed by atoms with E-state index in [4.69, 9.17) is 91.6 Å².